The van der Waals surface area contributed by atoms with E-state index in [0.29, 0.717) is 13.0 Å². The Balaban J connectivity index is 2.41. The van der Waals surface area contributed by atoms with Crippen molar-refractivity contribution in [3.8, 4) is 0 Å². The number of nitrogens with zero attached hydrogens (tertiary/aromatic N) is 2. The standard InChI is InChI=1S/C10H16F3N3O/c1-9(2,3)14-5-4-7-15-16-8(17-7)6-10(11,12)13/h14H,4-6H2,1-3H3. The van der Waals surface area contributed by atoms with Gasteiger partial charge in [0.2, 0.25) is 11.8 Å². The first kappa shape index (κ1) is 14.0. The third-order valence-corrected chi connectivity index (χ3v) is 1.85. The van der Waals surface area contributed by atoms with Gasteiger partial charge in [0.25, 0.3) is 0 Å². The fourth-order valence-electron chi connectivity index (χ4n) is 1.18. The van der Waals surface area contributed by atoms with Gasteiger partial charge in [0.05, 0.1) is 0 Å². The Bertz CT molecular complexity index is 354. The lowest BCUT2D eigenvalue weighted by Crippen LogP contribution is -2.37. The second kappa shape index (κ2) is 5.03. The second-order valence-corrected chi connectivity index (χ2v) is 4.81. The lowest BCUT2D eigenvalue weighted by molar-refractivity contribution is -0.130. The molecule has 17 heavy (non-hydrogen) atoms. The lowest BCUT2D eigenvalue weighted by Gasteiger charge is -2.19. The summed E-state index contributed by atoms with van der Waals surface area (Å²) < 4.78 is 40.9. The molecular weight excluding hydrogens is 235 g/mol. The molecule has 0 aliphatic heterocycles. The molecule has 0 amide bonds. The first-order valence-electron chi connectivity index (χ1n) is 5.29. The van der Waals surface area contributed by atoms with Crippen molar-refractivity contribution >= 4 is 0 Å². The van der Waals surface area contributed by atoms with Gasteiger partial charge in [0.1, 0.15) is 6.42 Å². The average molecular weight is 251 g/mol. The number of aromatic nitrogens is 2. The predicted octanol–water partition coefficient (Wildman–Crippen LogP) is 2.10. The van der Waals surface area contributed by atoms with Crippen LogP contribution in [0.3, 0.4) is 0 Å². The van der Waals surface area contributed by atoms with Crippen LogP contribution in [0, 0.1) is 0 Å². The van der Waals surface area contributed by atoms with E-state index in [1.807, 2.05) is 20.8 Å². The van der Waals surface area contributed by atoms with Gasteiger partial charge in [-0.3, -0.25) is 0 Å². The van der Waals surface area contributed by atoms with Gasteiger partial charge < -0.3 is 9.73 Å². The Hall–Kier alpha value is -1.11. The Kier molecular flexibility index (Phi) is 4.13. The van der Waals surface area contributed by atoms with Gasteiger partial charge in [-0.05, 0) is 20.8 Å². The number of rotatable bonds is 4. The van der Waals surface area contributed by atoms with Gasteiger partial charge in [-0.2, -0.15) is 13.2 Å². The quantitative estimate of drug-likeness (QED) is 0.890. The van der Waals surface area contributed by atoms with E-state index < -0.39 is 12.6 Å². The highest BCUT2D eigenvalue weighted by molar-refractivity contribution is 4.85. The van der Waals surface area contributed by atoms with Crippen LogP contribution in [0.4, 0.5) is 13.2 Å². The SMILES string of the molecule is CC(C)(C)NCCc1nnc(CC(F)(F)F)o1. The average Bonchev–Trinajstić information content (AvgIpc) is 2.46. The topological polar surface area (TPSA) is 51.0 Å². The van der Waals surface area contributed by atoms with Gasteiger partial charge in [0, 0.05) is 18.5 Å². The summed E-state index contributed by atoms with van der Waals surface area (Å²) in [6.07, 6.45) is -5.07. The highest BCUT2D eigenvalue weighted by atomic mass is 19.4. The molecule has 0 bridgehead atoms. The molecule has 0 atom stereocenters. The molecule has 0 saturated heterocycles. The molecule has 98 valence electrons. The van der Waals surface area contributed by atoms with Crippen LogP contribution in [0.25, 0.3) is 0 Å². The molecule has 0 radical (unpaired) electrons. The molecular formula is C10H16F3N3O. The summed E-state index contributed by atoms with van der Waals surface area (Å²) in [7, 11) is 0. The van der Waals surface area contributed by atoms with Crippen molar-refractivity contribution in [2.75, 3.05) is 6.54 Å². The summed E-state index contributed by atoms with van der Waals surface area (Å²) in [4.78, 5) is 0. The molecule has 0 unspecified atom stereocenters. The number of nitrogens with one attached hydrogen (secondary N) is 1. The summed E-state index contributed by atoms with van der Waals surface area (Å²) in [5.74, 6) is -0.163. The summed E-state index contributed by atoms with van der Waals surface area (Å²) in [5.41, 5.74) is -0.0468. The smallest absolute Gasteiger partial charge is 0.397 e. The van der Waals surface area contributed by atoms with Crippen LogP contribution >= 0.6 is 0 Å². The summed E-state index contributed by atoms with van der Waals surface area (Å²) in [6, 6.07) is 0. The molecule has 0 saturated carbocycles. The van der Waals surface area contributed by atoms with E-state index in [4.69, 9.17) is 4.42 Å². The monoisotopic (exact) mass is 251 g/mol. The fourth-order valence-corrected chi connectivity index (χ4v) is 1.18. The van der Waals surface area contributed by atoms with Crippen LogP contribution in [-0.4, -0.2) is 28.5 Å². The highest BCUT2D eigenvalue weighted by Gasteiger charge is 2.30. The maximum Gasteiger partial charge on any atom is 0.397 e. The van der Waals surface area contributed by atoms with E-state index in [0.717, 1.165) is 0 Å². The first-order chi connectivity index (χ1) is 7.66. The molecule has 1 heterocycles. The molecule has 4 nitrogen and oxygen atoms in total. The van der Waals surface area contributed by atoms with Crippen LogP contribution in [0.1, 0.15) is 32.6 Å². The van der Waals surface area contributed by atoms with Gasteiger partial charge in [-0.1, -0.05) is 0 Å². The summed E-state index contributed by atoms with van der Waals surface area (Å²) >= 11 is 0. The first-order valence-corrected chi connectivity index (χ1v) is 5.29. The van der Waals surface area contributed by atoms with E-state index >= 15 is 0 Å². The second-order valence-electron chi connectivity index (χ2n) is 4.81. The van der Waals surface area contributed by atoms with Gasteiger partial charge in [-0.15, -0.1) is 10.2 Å². The van der Waals surface area contributed by atoms with Crippen LogP contribution in [-0.2, 0) is 12.8 Å². The summed E-state index contributed by atoms with van der Waals surface area (Å²) in [6.45, 7) is 6.57. The van der Waals surface area contributed by atoms with E-state index in [9.17, 15) is 13.2 Å². The van der Waals surface area contributed by atoms with Crippen molar-refractivity contribution in [1.29, 1.82) is 0 Å². The molecule has 0 aliphatic rings. The van der Waals surface area contributed by atoms with E-state index in [1.54, 1.807) is 0 Å². The zero-order valence-electron chi connectivity index (χ0n) is 10.1. The third-order valence-electron chi connectivity index (χ3n) is 1.85. The van der Waals surface area contributed by atoms with E-state index in [2.05, 4.69) is 15.5 Å². The van der Waals surface area contributed by atoms with Gasteiger partial charge >= 0.3 is 6.18 Å². The zero-order valence-corrected chi connectivity index (χ0v) is 10.1. The van der Waals surface area contributed by atoms with Crippen LogP contribution < -0.4 is 5.32 Å². The fraction of sp³-hybridized carbons (Fsp3) is 0.800. The lowest BCUT2D eigenvalue weighted by atomic mass is 10.1. The summed E-state index contributed by atoms with van der Waals surface area (Å²) in [5, 5.41) is 10.1. The normalized spacial score (nSPS) is 13.1. The number of hydrogen-bond acceptors (Lipinski definition) is 4. The minimum Gasteiger partial charge on any atom is -0.425 e. The maximum absolute atomic E-state index is 12.0. The van der Waals surface area contributed by atoms with Crippen LogP contribution in [0.5, 0.6) is 0 Å². The van der Waals surface area contributed by atoms with Crippen molar-refractivity contribution in [1.82, 2.24) is 15.5 Å². The minimum atomic E-state index is -4.31. The van der Waals surface area contributed by atoms with E-state index in [1.165, 1.54) is 0 Å². The van der Waals surface area contributed by atoms with Crippen molar-refractivity contribution in [2.45, 2.75) is 45.3 Å². The highest BCUT2D eigenvalue weighted by Crippen LogP contribution is 2.20. The largest absolute Gasteiger partial charge is 0.425 e. The van der Waals surface area contributed by atoms with Crippen LogP contribution in [0.2, 0.25) is 0 Å². The molecule has 7 heteroatoms. The van der Waals surface area contributed by atoms with Crippen molar-refractivity contribution in [2.24, 2.45) is 0 Å². The molecule has 1 N–H and O–H groups in total. The Morgan fingerprint density at radius 1 is 1.12 bits per heavy atom. The molecule has 0 aliphatic carbocycles. The molecule has 0 fully saturated rings. The van der Waals surface area contributed by atoms with Crippen LogP contribution in [0.15, 0.2) is 4.42 Å². The minimum absolute atomic E-state index is 0.0468. The number of halogens is 3. The zero-order chi connectivity index (χ0) is 13.1. The maximum atomic E-state index is 12.0. The molecule has 0 aromatic carbocycles. The Labute approximate surface area is 97.6 Å². The van der Waals surface area contributed by atoms with E-state index in [-0.39, 0.29) is 17.3 Å². The van der Waals surface area contributed by atoms with Crippen molar-refractivity contribution < 1.29 is 17.6 Å². The van der Waals surface area contributed by atoms with Gasteiger partial charge in [0.15, 0.2) is 0 Å². The predicted molar refractivity (Wildman–Crippen MR) is 55.5 cm³/mol. The third kappa shape index (κ3) is 6.25. The number of alkyl halides is 3. The molecule has 1 rings (SSSR count). The Morgan fingerprint density at radius 3 is 2.24 bits per heavy atom. The molecule has 0 spiro atoms. The van der Waals surface area contributed by atoms with Crippen molar-refractivity contribution in [3.63, 3.8) is 0 Å². The Morgan fingerprint density at radius 2 is 1.71 bits per heavy atom. The van der Waals surface area contributed by atoms with Crippen molar-refractivity contribution in [3.05, 3.63) is 11.8 Å². The molecule has 1 aromatic rings. The molecule has 1 aromatic heterocycles. The van der Waals surface area contributed by atoms with Gasteiger partial charge in [-0.25, -0.2) is 0 Å². The number of hydrogen-bond donors (Lipinski definition) is 1.